The van der Waals surface area contributed by atoms with Gasteiger partial charge in [-0.05, 0) is 31.0 Å². The molecule has 0 amide bonds. The summed E-state index contributed by atoms with van der Waals surface area (Å²) in [6, 6.07) is 14.4. The standard InChI is InChI=1S/C17H20O/c1-12-5-8-14(9-6-12)17(3,4)15-10-7-13(2)11-16(15)18/h5-11,18H,1-4H3. The highest BCUT2D eigenvalue weighted by Gasteiger charge is 2.25. The smallest absolute Gasteiger partial charge is 0.119 e. The molecule has 94 valence electrons. The van der Waals surface area contributed by atoms with E-state index in [1.807, 2.05) is 25.1 Å². The second-order valence-corrected chi connectivity index (χ2v) is 5.51. The van der Waals surface area contributed by atoms with Crippen LogP contribution in [0.15, 0.2) is 42.5 Å². The quantitative estimate of drug-likeness (QED) is 0.828. The fourth-order valence-corrected chi connectivity index (χ4v) is 2.30. The maximum atomic E-state index is 10.1. The normalized spacial score (nSPS) is 11.6. The fraction of sp³-hybridized carbons (Fsp3) is 0.294. The summed E-state index contributed by atoms with van der Waals surface area (Å²) in [4.78, 5) is 0. The predicted octanol–water partition coefficient (Wildman–Crippen LogP) is 4.33. The van der Waals surface area contributed by atoms with Crippen molar-refractivity contribution in [2.45, 2.75) is 33.1 Å². The van der Waals surface area contributed by atoms with E-state index in [-0.39, 0.29) is 5.41 Å². The number of phenols is 1. The largest absolute Gasteiger partial charge is 0.508 e. The van der Waals surface area contributed by atoms with E-state index >= 15 is 0 Å². The Hall–Kier alpha value is -1.76. The molecular weight excluding hydrogens is 220 g/mol. The SMILES string of the molecule is Cc1ccc(C(C)(C)c2ccc(C)cc2O)cc1. The van der Waals surface area contributed by atoms with Gasteiger partial charge in [0.2, 0.25) is 0 Å². The molecule has 1 N–H and O–H groups in total. The van der Waals surface area contributed by atoms with Crippen molar-refractivity contribution in [2.24, 2.45) is 0 Å². The van der Waals surface area contributed by atoms with Gasteiger partial charge >= 0.3 is 0 Å². The lowest BCUT2D eigenvalue weighted by atomic mass is 9.77. The molecule has 0 bridgehead atoms. The third-order valence-corrected chi connectivity index (χ3v) is 3.60. The monoisotopic (exact) mass is 240 g/mol. The van der Waals surface area contributed by atoms with Crippen LogP contribution in [0, 0.1) is 13.8 Å². The summed E-state index contributed by atoms with van der Waals surface area (Å²) < 4.78 is 0. The first-order valence-corrected chi connectivity index (χ1v) is 6.28. The Labute approximate surface area is 109 Å². The molecule has 0 saturated carbocycles. The molecule has 0 unspecified atom stereocenters. The molecular formula is C17H20O. The molecule has 1 heteroatoms. The van der Waals surface area contributed by atoms with Crippen LogP contribution in [0.25, 0.3) is 0 Å². The van der Waals surface area contributed by atoms with Crippen LogP contribution < -0.4 is 0 Å². The maximum absolute atomic E-state index is 10.1. The van der Waals surface area contributed by atoms with Gasteiger partial charge in [-0.15, -0.1) is 0 Å². The molecule has 2 rings (SSSR count). The van der Waals surface area contributed by atoms with Crippen LogP contribution >= 0.6 is 0 Å². The van der Waals surface area contributed by atoms with E-state index in [1.165, 1.54) is 11.1 Å². The number of aryl methyl sites for hydroxylation is 2. The highest BCUT2D eigenvalue weighted by Crippen LogP contribution is 2.37. The van der Waals surface area contributed by atoms with Crippen molar-refractivity contribution in [3.63, 3.8) is 0 Å². The molecule has 0 aliphatic rings. The predicted molar refractivity (Wildman–Crippen MR) is 76.2 cm³/mol. The zero-order valence-corrected chi connectivity index (χ0v) is 11.5. The van der Waals surface area contributed by atoms with Gasteiger partial charge in [-0.2, -0.15) is 0 Å². The highest BCUT2D eigenvalue weighted by atomic mass is 16.3. The number of rotatable bonds is 2. The molecule has 0 aliphatic carbocycles. The Morgan fingerprint density at radius 3 is 1.94 bits per heavy atom. The van der Waals surface area contributed by atoms with Crippen molar-refractivity contribution in [3.8, 4) is 5.75 Å². The number of phenolic OH excluding ortho intramolecular Hbond substituents is 1. The summed E-state index contributed by atoms with van der Waals surface area (Å²) in [6.07, 6.45) is 0. The van der Waals surface area contributed by atoms with Crippen LogP contribution in [0.1, 0.15) is 36.1 Å². The molecule has 0 aromatic heterocycles. The van der Waals surface area contributed by atoms with Crippen molar-refractivity contribution in [1.29, 1.82) is 0 Å². The second-order valence-electron chi connectivity index (χ2n) is 5.51. The summed E-state index contributed by atoms with van der Waals surface area (Å²) in [6.45, 7) is 8.35. The molecule has 0 saturated heterocycles. The van der Waals surface area contributed by atoms with Gasteiger partial charge in [0.25, 0.3) is 0 Å². The first-order chi connectivity index (χ1) is 8.41. The third-order valence-electron chi connectivity index (χ3n) is 3.60. The zero-order valence-electron chi connectivity index (χ0n) is 11.5. The van der Waals surface area contributed by atoms with Gasteiger partial charge in [0.15, 0.2) is 0 Å². The summed E-state index contributed by atoms with van der Waals surface area (Å²) in [5, 5.41) is 10.1. The van der Waals surface area contributed by atoms with Crippen LogP contribution in [0.2, 0.25) is 0 Å². The van der Waals surface area contributed by atoms with E-state index < -0.39 is 0 Å². The minimum Gasteiger partial charge on any atom is -0.508 e. The van der Waals surface area contributed by atoms with Gasteiger partial charge in [0.1, 0.15) is 5.75 Å². The highest BCUT2D eigenvalue weighted by molar-refractivity contribution is 5.47. The number of benzene rings is 2. The molecule has 0 atom stereocenters. The average molecular weight is 240 g/mol. The molecule has 0 spiro atoms. The molecule has 1 nitrogen and oxygen atoms in total. The average Bonchev–Trinajstić information content (AvgIpc) is 2.29. The minimum absolute atomic E-state index is 0.189. The Bertz CT molecular complexity index is 550. The summed E-state index contributed by atoms with van der Waals surface area (Å²) in [7, 11) is 0. The van der Waals surface area contributed by atoms with Crippen LogP contribution in [0.3, 0.4) is 0 Å². The number of hydrogen-bond acceptors (Lipinski definition) is 1. The van der Waals surface area contributed by atoms with Gasteiger partial charge < -0.3 is 5.11 Å². The number of hydrogen-bond donors (Lipinski definition) is 1. The van der Waals surface area contributed by atoms with E-state index in [0.717, 1.165) is 11.1 Å². The lowest BCUT2D eigenvalue weighted by molar-refractivity contribution is 0.452. The van der Waals surface area contributed by atoms with Crippen molar-refractivity contribution < 1.29 is 5.11 Å². The summed E-state index contributed by atoms with van der Waals surface area (Å²) in [5.74, 6) is 0.376. The Morgan fingerprint density at radius 2 is 1.39 bits per heavy atom. The van der Waals surface area contributed by atoms with Crippen LogP contribution in [0.5, 0.6) is 5.75 Å². The van der Waals surface area contributed by atoms with Crippen molar-refractivity contribution >= 4 is 0 Å². The van der Waals surface area contributed by atoms with Gasteiger partial charge in [-0.1, -0.05) is 55.8 Å². The summed E-state index contributed by atoms with van der Waals surface area (Å²) in [5.41, 5.74) is 4.33. The Kier molecular flexibility index (Phi) is 3.16. The van der Waals surface area contributed by atoms with Crippen LogP contribution in [-0.4, -0.2) is 5.11 Å². The molecule has 2 aromatic rings. The lowest BCUT2D eigenvalue weighted by Crippen LogP contribution is -2.19. The maximum Gasteiger partial charge on any atom is 0.119 e. The topological polar surface area (TPSA) is 20.2 Å². The third kappa shape index (κ3) is 2.26. The van der Waals surface area contributed by atoms with E-state index in [1.54, 1.807) is 0 Å². The molecule has 2 aromatic carbocycles. The van der Waals surface area contributed by atoms with E-state index in [9.17, 15) is 5.11 Å². The molecule has 0 fully saturated rings. The first-order valence-electron chi connectivity index (χ1n) is 6.28. The van der Waals surface area contributed by atoms with E-state index in [4.69, 9.17) is 0 Å². The fourth-order valence-electron chi connectivity index (χ4n) is 2.30. The van der Waals surface area contributed by atoms with E-state index in [0.29, 0.717) is 5.75 Å². The minimum atomic E-state index is -0.189. The van der Waals surface area contributed by atoms with Crippen LogP contribution in [0.4, 0.5) is 0 Å². The number of aromatic hydroxyl groups is 1. The van der Waals surface area contributed by atoms with Crippen molar-refractivity contribution in [2.75, 3.05) is 0 Å². The second kappa shape index (κ2) is 4.49. The lowest BCUT2D eigenvalue weighted by Gasteiger charge is -2.27. The zero-order chi connectivity index (χ0) is 13.3. The van der Waals surface area contributed by atoms with Crippen molar-refractivity contribution in [3.05, 3.63) is 64.7 Å². The van der Waals surface area contributed by atoms with Crippen LogP contribution in [-0.2, 0) is 5.41 Å². The molecule has 0 heterocycles. The molecule has 18 heavy (non-hydrogen) atoms. The molecule has 0 radical (unpaired) electrons. The van der Waals surface area contributed by atoms with Gasteiger partial charge in [-0.25, -0.2) is 0 Å². The Morgan fingerprint density at radius 1 is 0.833 bits per heavy atom. The summed E-state index contributed by atoms with van der Waals surface area (Å²) >= 11 is 0. The van der Waals surface area contributed by atoms with E-state index in [2.05, 4.69) is 45.0 Å². The Balaban J connectivity index is 2.50. The van der Waals surface area contributed by atoms with Gasteiger partial charge in [-0.3, -0.25) is 0 Å². The molecule has 0 aliphatic heterocycles. The van der Waals surface area contributed by atoms with Crippen molar-refractivity contribution in [1.82, 2.24) is 0 Å². The van der Waals surface area contributed by atoms with Gasteiger partial charge in [0, 0.05) is 11.0 Å². The first kappa shape index (κ1) is 12.7. The van der Waals surface area contributed by atoms with Gasteiger partial charge in [0.05, 0.1) is 0 Å².